The SMILES string of the molecule is Cc1c(CNC(=O)CC2CN(S(=O)(=O)c3cccc(C(F)(F)F)c3)c3cc(NC(=O)O)ccc3O2)cnn1C. The number of rotatable bonds is 7. The van der Waals surface area contributed by atoms with E-state index in [0.717, 1.165) is 33.8 Å². The molecule has 0 bridgehead atoms. The van der Waals surface area contributed by atoms with Gasteiger partial charge in [0, 0.05) is 30.5 Å². The average Bonchev–Trinajstić information content (AvgIpc) is 3.18. The topological polar surface area (TPSA) is 143 Å². The maximum absolute atomic E-state index is 13.6. The molecule has 0 fully saturated rings. The largest absolute Gasteiger partial charge is 0.486 e. The third-order valence-electron chi connectivity index (χ3n) is 6.12. The number of sulfonamides is 1. The van der Waals surface area contributed by atoms with Crippen molar-refractivity contribution in [1.82, 2.24) is 15.1 Å². The van der Waals surface area contributed by atoms with Crippen LogP contribution in [0.5, 0.6) is 5.75 Å². The van der Waals surface area contributed by atoms with E-state index in [2.05, 4.69) is 15.7 Å². The van der Waals surface area contributed by atoms with Gasteiger partial charge in [0.05, 0.1) is 35.3 Å². The zero-order valence-electron chi connectivity index (χ0n) is 20.7. The summed E-state index contributed by atoms with van der Waals surface area (Å²) in [5.74, 6) is -0.444. The molecule has 1 unspecified atom stereocenters. The molecule has 11 nitrogen and oxygen atoms in total. The molecule has 4 rings (SSSR count). The van der Waals surface area contributed by atoms with E-state index in [-0.39, 0.29) is 30.1 Å². The van der Waals surface area contributed by atoms with Gasteiger partial charge in [-0.25, -0.2) is 13.2 Å². The number of amides is 2. The number of carbonyl (C=O) groups excluding carboxylic acids is 1. The Balaban J connectivity index is 1.63. The Kier molecular flexibility index (Phi) is 7.46. The number of hydrogen-bond donors (Lipinski definition) is 3. The van der Waals surface area contributed by atoms with Crippen molar-refractivity contribution in [2.24, 2.45) is 7.05 Å². The van der Waals surface area contributed by atoms with Crippen LogP contribution < -0.4 is 19.7 Å². The number of fused-ring (bicyclic) bond motifs is 1. The van der Waals surface area contributed by atoms with Gasteiger partial charge in [0.25, 0.3) is 10.0 Å². The molecule has 2 heterocycles. The van der Waals surface area contributed by atoms with Gasteiger partial charge >= 0.3 is 12.3 Å². The molecule has 39 heavy (non-hydrogen) atoms. The molecule has 0 spiro atoms. The van der Waals surface area contributed by atoms with Gasteiger partial charge in [-0.05, 0) is 43.3 Å². The predicted molar refractivity (Wildman–Crippen MR) is 133 cm³/mol. The van der Waals surface area contributed by atoms with Gasteiger partial charge in [-0.15, -0.1) is 0 Å². The summed E-state index contributed by atoms with van der Waals surface area (Å²) in [5, 5.41) is 18.0. The minimum atomic E-state index is -4.78. The molecular weight excluding hydrogens is 543 g/mol. The smallest absolute Gasteiger partial charge is 0.416 e. The second-order valence-corrected chi connectivity index (χ2v) is 10.6. The molecule has 3 N–H and O–H groups in total. The molecule has 15 heteroatoms. The van der Waals surface area contributed by atoms with Crippen molar-refractivity contribution in [2.45, 2.75) is 37.1 Å². The summed E-state index contributed by atoms with van der Waals surface area (Å²) in [5.41, 5.74) is 0.397. The maximum Gasteiger partial charge on any atom is 0.416 e. The van der Waals surface area contributed by atoms with Crippen LogP contribution in [0.1, 0.15) is 23.2 Å². The summed E-state index contributed by atoms with van der Waals surface area (Å²) in [6, 6.07) is 7.10. The molecule has 2 aromatic carbocycles. The molecule has 1 atom stereocenters. The molecule has 0 aliphatic carbocycles. The number of nitrogens with one attached hydrogen (secondary N) is 2. The first-order valence-electron chi connectivity index (χ1n) is 11.5. The number of carbonyl (C=O) groups is 2. The highest BCUT2D eigenvalue weighted by atomic mass is 32.2. The second kappa shape index (κ2) is 10.5. The number of alkyl halides is 3. The van der Waals surface area contributed by atoms with E-state index in [9.17, 15) is 31.2 Å². The van der Waals surface area contributed by atoms with E-state index >= 15 is 0 Å². The molecule has 0 saturated heterocycles. The lowest BCUT2D eigenvalue weighted by atomic mass is 10.1. The highest BCUT2D eigenvalue weighted by Gasteiger charge is 2.37. The summed E-state index contributed by atoms with van der Waals surface area (Å²) in [6.07, 6.45) is -5.83. The average molecular weight is 568 g/mol. The van der Waals surface area contributed by atoms with Gasteiger partial charge in [0.2, 0.25) is 5.91 Å². The van der Waals surface area contributed by atoms with Crippen LogP contribution in [0.2, 0.25) is 0 Å². The molecule has 1 aliphatic rings. The third kappa shape index (κ3) is 6.08. The number of carboxylic acid groups (broad SMARTS) is 1. The minimum Gasteiger partial charge on any atom is -0.486 e. The number of aryl methyl sites for hydroxylation is 1. The van der Waals surface area contributed by atoms with E-state index in [4.69, 9.17) is 9.84 Å². The molecule has 1 aliphatic heterocycles. The van der Waals surface area contributed by atoms with Crippen molar-refractivity contribution in [3.63, 3.8) is 0 Å². The fourth-order valence-corrected chi connectivity index (χ4v) is 5.54. The van der Waals surface area contributed by atoms with Crippen LogP contribution in [0.25, 0.3) is 0 Å². The van der Waals surface area contributed by atoms with Crippen LogP contribution in [-0.2, 0) is 34.6 Å². The third-order valence-corrected chi connectivity index (χ3v) is 7.89. The Morgan fingerprint density at radius 2 is 1.95 bits per heavy atom. The molecule has 0 saturated carbocycles. The quantitative estimate of drug-likeness (QED) is 0.397. The summed E-state index contributed by atoms with van der Waals surface area (Å²) in [6.45, 7) is 1.60. The van der Waals surface area contributed by atoms with Crippen molar-refractivity contribution in [2.75, 3.05) is 16.2 Å². The molecule has 208 valence electrons. The predicted octanol–water partition coefficient (Wildman–Crippen LogP) is 3.50. The lowest BCUT2D eigenvalue weighted by molar-refractivity contribution is -0.137. The first-order valence-corrected chi connectivity index (χ1v) is 12.9. The molecular formula is C24H24F3N5O6S. The van der Waals surface area contributed by atoms with Gasteiger partial charge in [0.1, 0.15) is 11.9 Å². The first-order chi connectivity index (χ1) is 18.3. The second-order valence-electron chi connectivity index (χ2n) is 8.77. The normalized spacial score (nSPS) is 15.3. The van der Waals surface area contributed by atoms with Gasteiger partial charge in [-0.3, -0.25) is 19.1 Å². The van der Waals surface area contributed by atoms with Gasteiger partial charge in [0.15, 0.2) is 0 Å². The van der Waals surface area contributed by atoms with Crippen LogP contribution >= 0.6 is 0 Å². The summed E-state index contributed by atoms with van der Waals surface area (Å²) in [4.78, 5) is 23.2. The van der Waals surface area contributed by atoms with Gasteiger partial charge in [-0.1, -0.05) is 6.07 Å². The number of aromatic nitrogens is 2. The zero-order valence-corrected chi connectivity index (χ0v) is 21.5. The fraction of sp³-hybridized carbons (Fsp3) is 0.292. The highest BCUT2D eigenvalue weighted by molar-refractivity contribution is 7.92. The van der Waals surface area contributed by atoms with Crippen molar-refractivity contribution >= 4 is 33.4 Å². The molecule has 3 aromatic rings. The monoisotopic (exact) mass is 567 g/mol. The van der Waals surface area contributed by atoms with E-state index in [1.54, 1.807) is 17.9 Å². The standard InChI is InChI=1S/C24H24F3N5O6S/c1-14-15(12-29-31(14)2)11-28-22(33)10-18-13-32(20-9-17(30-23(34)35)6-7-21(20)38-18)39(36,37)19-5-3-4-16(8-19)24(25,26)27/h3-9,12,18,30H,10-11,13H2,1-2H3,(H,28,33)(H,34,35). The molecule has 1 aromatic heterocycles. The van der Waals surface area contributed by atoms with Crippen molar-refractivity contribution in [3.05, 3.63) is 65.5 Å². The Morgan fingerprint density at radius 3 is 2.59 bits per heavy atom. The summed E-state index contributed by atoms with van der Waals surface area (Å²) in [7, 11) is -2.84. The van der Waals surface area contributed by atoms with E-state index in [1.807, 2.05) is 6.92 Å². The van der Waals surface area contributed by atoms with Crippen LogP contribution in [-0.4, -0.2) is 48.0 Å². The molecule has 0 radical (unpaired) electrons. The maximum atomic E-state index is 13.6. The number of anilines is 2. The van der Waals surface area contributed by atoms with Crippen LogP contribution in [0.15, 0.2) is 53.6 Å². The van der Waals surface area contributed by atoms with Crippen molar-refractivity contribution in [1.29, 1.82) is 0 Å². The van der Waals surface area contributed by atoms with E-state index in [0.29, 0.717) is 6.07 Å². The Hall–Kier alpha value is -4.27. The number of benzene rings is 2. The van der Waals surface area contributed by atoms with Crippen molar-refractivity contribution in [3.8, 4) is 5.75 Å². The minimum absolute atomic E-state index is 0.00800. The Morgan fingerprint density at radius 1 is 1.21 bits per heavy atom. The van der Waals surface area contributed by atoms with E-state index in [1.165, 1.54) is 18.2 Å². The number of halogens is 3. The lowest BCUT2D eigenvalue weighted by Crippen LogP contribution is -2.45. The summed E-state index contributed by atoms with van der Waals surface area (Å²) >= 11 is 0. The van der Waals surface area contributed by atoms with Gasteiger partial charge < -0.3 is 15.2 Å². The lowest BCUT2D eigenvalue weighted by Gasteiger charge is -2.35. The number of hydrogen-bond acceptors (Lipinski definition) is 6. The Bertz CT molecular complexity index is 1520. The van der Waals surface area contributed by atoms with Crippen molar-refractivity contribution < 1.29 is 41.0 Å². The highest BCUT2D eigenvalue weighted by Crippen LogP contribution is 2.40. The Labute approximate surface area is 221 Å². The van der Waals surface area contributed by atoms with E-state index < -0.39 is 51.3 Å². The zero-order chi connectivity index (χ0) is 28.5. The molecule has 2 amide bonds. The first kappa shape index (κ1) is 27.8. The van der Waals surface area contributed by atoms with Crippen LogP contribution in [0.4, 0.5) is 29.3 Å². The van der Waals surface area contributed by atoms with Crippen LogP contribution in [0, 0.1) is 6.92 Å². The summed E-state index contributed by atoms with van der Waals surface area (Å²) < 4.78 is 75.4. The number of nitrogens with zero attached hydrogens (tertiary/aromatic N) is 3. The van der Waals surface area contributed by atoms with Crippen LogP contribution in [0.3, 0.4) is 0 Å². The van der Waals surface area contributed by atoms with Gasteiger partial charge in [-0.2, -0.15) is 18.3 Å². The number of ether oxygens (including phenoxy) is 1. The fourth-order valence-electron chi connectivity index (χ4n) is 4.00.